The lowest BCUT2D eigenvalue weighted by Crippen LogP contribution is -2.45. The van der Waals surface area contributed by atoms with Crippen LogP contribution in [0.5, 0.6) is 0 Å². The summed E-state index contributed by atoms with van der Waals surface area (Å²) in [6, 6.07) is 0. The quantitative estimate of drug-likeness (QED) is 0.673. The van der Waals surface area contributed by atoms with Crippen LogP contribution in [0.3, 0.4) is 0 Å². The highest BCUT2D eigenvalue weighted by Crippen LogP contribution is 2.41. The Hall–Kier alpha value is -0.570. The fourth-order valence-corrected chi connectivity index (χ4v) is 2.49. The van der Waals surface area contributed by atoms with Crippen LogP contribution in [0.1, 0.15) is 46.5 Å². The Morgan fingerprint density at radius 2 is 2.07 bits per heavy atom. The van der Waals surface area contributed by atoms with E-state index in [1.54, 1.807) is 0 Å². The molecule has 0 amide bonds. The fraction of sp³-hybridized carbons (Fsp3) is 0.917. The summed E-state index contributed by atoms with van der Waals surface area (Å²) >= 11 is 0. The van der Waals surface area contributed by atoms with Crippen LogP contribution in [0.25, 0.3) is 0 Å². The zero-order valence-corrected chi connectivity index (χ0v) is 9.93. The number of rotatable bonds is 1. The first-order chi connectivity index (χ1) is 6.90. The van der Waals surface area contributed by atoms with Crippen LogP contribution in [0.15, 0.2) is 0 Å². The van der Waals surface area contributed by atoms with Gasteiger partial charge in [-0.15, -0.1) is 0 Å². The molecule has 1 saturated carbocycles. The molecule has 1 aliphatic carbocycles. The number of carbonyl (C=O) groups excluding carboxylic acids is 1. The summed E-state index contributed by atoms with van der Waals surface area (Å²) < 4.78 is 5.40. The molecule has 2 fully saturated rings. The normalized spacial score (nSPS) is 28.9. The lowest BCUT2D eigenvalue weighted by Gasteiger charge is -2.38. The summed E-state index contributed by atoms with van der Waals surface area (Å²) in [7, 11) is 0. The second-order valence-corrected chi connectivity index (χ2v) is 5.95. The van der Waals surface area contributed by atoms with E-state index in [-0.39, 0.29) is 17.5 Å². The summed E-state index contributed by atoms with van der Waals surface area (Å²) in [5.41, 5.74) is -0.0615. The Labute approximate surface area is 91.6 Å². The lowest BCUT2D eigenvalue weighted by atomic mass is 9.74. The van der Waals surface area contributed by atoms with E-state index >= 15 is 0 Å². The molecule has 86 valence electrons. The van der Waals surface area contributed by atoms with Crippen molar-refractivity contribution in [2.24, 2.45) is 5.92 Å². The van der Waals surface area contributed by atoms with Gasteiger partial charge in [0.05, 0.1) is 5.92 Å². The largest absolute Gasteiger partial charge is 0.460 e. The van der Waals surface area contributed by atoms with Gasteiger partial charge in [-0.2, -0.15) is 0 Å². The van der Waals surface area contributed by atoms with Crippen LogP contribution in [0.2, 0.25) is 0 Å². The van der Waals surface area contributed by atoms with Crippen LogP contribution >= 0.6 is 0 Å². The van der Waals surface area contributed by atoms with E-state index in [0.29, 0.717) is 5.54 Å². The first-order valence-corrected chi connectivity index (χ1v) is 5.88. The fourth-order valence-electron chi connectivity index (χ4n) is 2.49. The topological polar surface area (TPSA) is 38.3 Å². The van der Waals surface area contributed by atoms with Crippen molar-refractivity contribution in [2.45, 2.75) is 57.6 Å². The average molecular weight is 211 g/mol. The van der Waals surface area contributed by atoms with Gasteiger partial charge in [-0.3, -0.25) is 4.79 Å². The molecule has 15 heavy (non-hydrogen) atoms. The smallest absolute Gasteiger partial charge is 0.310 e. The zero-order chi connectivity index (χ0) is 11.1. The summed E-state index contributed by atoms with van der Waals surface area (Å²) in [6.45, 7) is 6.57. The maximum atomic E-state index is 11.8. The van der Waals surface area contributed by atoms with Gasteiger partial charge in [0.25, 0.3) is 0 Å². The van der Waals surface area contributed by atoms with Gasteiger partial charge in [-0.25, -0.2) is 0 Å². The summed E-state index contributed by atoms with van der Waals surface area (Å²) in [5, 5.41) is 3.49. The Bertz CT molecular complexity index is 263. The minimum atomic E-state index is -0.355. The van der Waals surface area contributed by atoms with E-state index in [4.69, 9.17) is 4.74 Å². The van der Waals surface area contributed by atoms with Crippen LogP contribution in [-0.4, -0.2) is 23.7 Å². The van der Waals surface area contributed by atoms with E-state index < -0.39 is 0 Å². The molecule has 1 aliphatic heterocycles. The molecular formula is C12H21NO2. The summed E-state index contributed by atoms with van der Waals surface area (Å²) in [4.78, 5) is 11.8. The van der Waals surface area contributed by atoms with E-state index in [1.165, 1.54) is 19.3 Å². The molecule has 1 heterocycles. The predicted molar refractivity (Wildman–Crippen MR) is 58.5 cm³/mol. The molecule has 3 nitrogen and oxygen atoms in total. The Kier molecular flexibility index (Phi) is 2.53. The molecule has 0 aromatic rings. The van der Waals surface area contributed by atoms with Gasteiger partial charge in [-0.1, -0.05) is 0 Å². The third-order valence-corrected chi connectivity index (χ3v) is 3.41. The Balaban J connectivity index is 1.88. The van der Waals surface area contributed by atoms with Gasteiger partial charge < -0.3 is 10.1 Å². The monoisotopic (exact) mass is 211 g/mol. The van der Waals surface area contributed by atoms with Crippen molar-refractivity contribution in [1.82, 2.24) is 5.32 Å². The SMILES string of the molecule is CC(C)(C)OC(=O)C1CNC2(CCC2)C1. The lowest BCUT2D eigenvalue weighted by molar-refractivity contribution is -0.159. The molecule has 0 radical (unpaired) electrons. The van der Waals surface area contributed by atoms with Crippen LogP contribution < -0.4 is 5.32 Å². The van der Waals surface area contributed by atoms with Crippen LogP contribution in [0.4, 0.5) is 0 Å². The summed E-state index contributed by atoms with van der Waals surface area (Å²) in [5.74, 6) is 0.0447. The van der Waals surface area contributed by atoms with Crippen molar-refractivity contribution >= 4 is 5.97 Å². The first-order valence-electron chi connectivity index (χ1n) is 5.88. The molecule has 1 N–H and O–H groups in total. The molecule has 2 rings (SSSR count). The van der Waals surface area contributed by atoms with Crippen molar-refractivity contribution < 1.29 is 9.53 Å². The Morgan fingerprint density at radius 3 is 2.47 bits per heavy atom. The zero-order valence-electron chi connectivity index (χ0n) is 9.93. The number of esters is 1. The number of carbonyl (C=O) groups is 1. The molecule has 0 aromatic carbocycles. The van der Waals surface area contributed by atoms with Gasteiger partial charge >= 0.3 is 5.97 Å². The molecule has 1 atom stereocenters. The molecule has 1 saturated heterocycles. The minimum absolute atomic E-state index is 0.0289. The van der Waals surface area contributed by atoms with E-state index in [9.17, 15) is 4.79 Å². The van der Waals surface area contributed by atoms with Gasteiger partial charge in [0.1, 0.15) is 5.60 Å². The van der Waals surface area contributed by atoms with Crippen LogP contribution in [0, 0.1) is 5.92 Å². The maximum Gasteiger partial charge on any atom is 0.310 e. The van der Waals surface area contributed by atoms with Crippen molar-refractivity contribution in [3.8, 4) is 0 Å². The molecular weight excluding hydrogens is 190 g/mol. The predicted octanol–water partition coefficient (Wildman–Crippen LogP) is 1.86. The van der Waals surface area contributed by atoms with E-state index in [1.807, 2.05) is 20.8 Å². The van der Waals surface area contributed by atoms with Crippen molar-refractivity contribution in [3.63, 3.8) is 0 Å². The molecule has 3 heteroatoms. The van der Waals surface area contributed by atoms with Gasteiger partial charge in [0.2, 0.25) is 0 Å². The highest BCUT2D eigenvalue weighted by atomic mass is 16.6. The highest BCUT2D eigenvalue weighted by Gasteiger charge is 2.46. The number of hydrogen-bond acceptors (Lipinski definition) is 3. The second-order valence-electron chi connectivity index (χ2n) is 5.95. The van der Waals surface area contributed by atoms with Crippen LogP contribution in [-0.2, 0) is 9.53 Å². The van der Waals surface area contributed by atoms with Crippen molar-refractivity contribution in [2.75, 3.05) is 6.54 Å². The second kappa shape index (κ2) is 3.48. The van der Waals surface area contributed by atoms with Gasteiger partial charge in [-0.05, 0) is 46.5 Å². The number of ether oxygens (including phenoxy) is 1. The van der Waals surface area contributed by atoms with Crippen molar-refractivity contribution in [1.29, 1.82) is 0 Å². The molecule has 2 aliphatic rings. The highest BCUT2D eigenvalue weighted by molar-refractivity contribution is 5.73. The summed E-state index contributed by atoms with van der Waals surface area (Å²) in [6.07, 6.45) is 4.73. The van der Waals surface area contributed by atoms with E-state index in [2.05, 4.69) is 5.32 Å². The Morgan fingerprint density at radius 1 is 1.40 bits per heavy atom. The van der Waals surface area contributed by atoms with Crippen molar-refractivity contribution in [3.05, 3.63) is 0 Å². The van der Waals surface area contributed by atoms with E-state index in [0.717, 1.165) is 13.0 Å². The third kappa shape index (κ3) is 2.33. The maximum absolute atomic E-state index is 11.8. The number of hydrogen-bond donors (Lipinski definition) is 1. The average Bonchev–Trinajstić information content (AvgIpc) is 2.43. The van der Waals surface area contributed by atoms with Gasteiger partial charge in [0, 0.05) is 12.1 Å². The standard InChI is InChI=1S/C12H21NO2/c1-11(2,3)15-10(14)9-7-12(13-8-9)5-4-6-12/h9,13H,4-8H2,1-3H3. The minimum Gasteiger partial charge on any atom is -0.460 e. The first kappa shape index (κ1) is 10.9. The molecule has 1 unspecified atom stereocenters. The molecule has 1 spiro atoms. The molecule has 0 bridgehead atoms. The third-order valence-electron chi connectivity index (χ3n) is 3.41. The molecule has 0 aromatic heterocycles. The number of nitrogens with one attached hydrogen (secondary N) is 1. The van der Waals surface area contributed by atoms with Gasteiger partial charge in [0.15, 0.2) is 0 Å².